The molecule has 0 spiro atoms. The Morgan fingerprint density at radius 1 is 1.39 bits per heavy atom. The van der Waals surface area contributed by atoms with Crippen molar-refractivity contribution in [1.29, 1.82) is 0 Å². The maximum atomic E-state index is 12.6. The minimum atomic E-state index is -0.933. The van der Waals surface area contributed by atoms with Gasteiger partial charge in [-0.15, -0.1) is 0 Å². The number of carbonyl (C=O) groups excluding carboxylic acids is 1. The first kappa shape index (κ1) is 17.2. The number of carbonyl (C=O) groups is 2. The molecule has 2 rings (SSSR count). The zero-order valence-electron chi connectivity index (χ0n) is 13.1. The van der Waals surface area contributed by atoms with Gasteiger partial charge in [0.2, 0.25) is 0 Å². The number of hydrogen-bond donors (Lipinski definition) is 1. The molecule has 1 heterocycles. The quantitative estimate of drug-likeness (QED) is 0.754. The molecule has 0 bridgehead atoms. The zero-order chi connectivity index (χ0) is 16.7. The van der Waals surface area contributed by atoms with Crippen LogP contribution in [0.2, 0.25) is 0 Å². The van der Waals surface area contributed by atoms with Gasteiger partial charge in [0.15, 0.2) is 0 Å². The average molecular weight is 323 g/mol. The molecule has 0 aliphatic carbocycles. The molecule has 7 heteroatoms. The molecule has 1 aliphatic rings. The molecular formula is C16H21NO6. The molecule has 1 amide bonds. The van der Waals surface area contributed by atoms with Crippen LogP contribution < -0.4 is 4.74 Å². The number of methoxy groups -OCH3 is 1. The van der Waals surface area contributed by atoms with Crippen molar-refractivity contribution in [2.45, 2.75) is 12.5 Å². The molecule has 1 fully saturated rings. The van der Waals surface area contributed by atoms with Crippen LogP contribution in [0.15, 0.2) is 24.3 Å². The minimum absolute atomic E-state index is 0.107. The Kier molecular flexibility index (Phi) is 6.37. The van der Waals surface area contributed by atoms with Gasteiger partial charge >= 0.3 is 5.97 Å². The minimum Gasteiger partial charge on any atom is -0.491 e. The summed E-state index contributed by atoms with van der Waals surface area (Å²) in [4.78, 5) is 24.9. The number of aliphatic carboxylic acids is 1. The van der Waals surface area contributed by atoms with Gasteiger partial charge in [0.1, 0.15) is 12.4 Å². The van der Waals surface area contributed by atoms with Crippen LogP contribution in [0, 0.1) is 0 Å². The van der Waals surface area contributed by atoms with E-state index in [-0.39, 0.29) is 18.9 Å². The van der Waals surface area contributed by atoms with Crippen molar-refractivity contribution in [2.75, 3.05) is 40.0 Å². The van der Waals surface area contributed by atoms with Crippen LogP contribution in [0.3, 0.4) is 0 Å². The van der Waals surface area contributed by atoms with E-state index in [0.29, 0.717) is 37.7 Å². The highest BCUT2D eigenvalue weighted by Crippen LogP contribution is 2.17. The summed E-state index contributed by atoms with van der Waals surface area (Å²) in [5.41, 5.74) is 0.510. The van der Waals surface area contributed by atoms with E-state index in [2.05, 4.69) is 0 Å². The molecule has 1 aromatic carbocycles. The number of carboxylic acid groups (broad SMARTS) is 1. The number of amides is 1. The van der Waals surface area contributed by atoms with Gasteiger partial charge in [0.25, 0.3) is 5.91 Å². The number of hydrogen-bond acceptors (Lipinski definition) is 5. The number of nitrogens with zero attached hydrogens (tertiary/aromatic N) is 1. The number of morpholine rings is 1. The highest BCUT2D eigenvalue weighted by atomic mass is 16.5. The van der Waals surface area contributed by atoms with E-state index in [9.17, 15) is 9.59 Å². The number of carboxylic acids is 1. The SMILES string of the molecule is COCCOc1cccc(C(=O)N2CCO[C@H](CC(=O)O)C2)c1. The van der Waals surface area contributed by atoms with Crippen LogP contribution in [0.25, 0.3) is 0 Å². The van der Waals surface area contributed by atoms with E-state index >= 15 is 0 Å². The molecule has 1 saturated heterocycles. The number of benzene rings is 1. The van der Waals surface area contributed by atoms with E-state index in [1.165, 1.54) is 0 Å². The third-order valence-electron chi connectivity index (χ3n) is 3.47. The van der Waals surface area contributed by atoms with Gasteiger partial charge in [0.05, 0.1) is 25.7 Å². The Morgan fingerprint density at radius 3 is 2.96 bits per heavy atom. The van der Waals surface area contributed by atoms with Crippen molar-refractivity contribution in [1.82, 2.24) is 4.90 Å². The smallest absolute Gasteiger partial charge is 0.306 e. The summed E-state index contributed by atoms with van der Waals surface area (Å²) in [5, 5.41) is 8.84. The summed E-state index contributed by atoms with van der Waals surface area (Å²) in [7, 11) is 1.59. The average Bonchev–Trinajstić information content (AvgIpc) is 2.54. The second-order valence-corrected chi connectivity index (χ2v) is 5.21. The van der Waals surface area contributed by atoms with Crippen LogP contribution in [0.4, 0.5) is 0 Å². The second kappa shape index (κ2) is 8.50. The predicted octanol–water partition coefficient (Wildman–Crippen LogP) is 1.03. The molecule has 0 unspecified atom stereocenters. The van der Waals surface area contributed by atoms with E-state index in [1.54, 1.807) is 36.3 Å². The third kappa shape index (κ3) is 5.22. The first-order valence-corrected chi connectivity index (χ1v) is 7.44. The predicted molar refractivity (Wildman–Crippen MR) is 81.7 cm³/mol. The molecule has 1 N–H and O–H groups in total. The van der Waals surface area contributed by atoms with Crippen molar-refractivity contribution >= 4 is 11.9 Å². The lowest BCUT2D eigenvalue weighted by Crippen LogP contribution is -2.46. The lowest BCUT2D eigenvalue weighted by Gasteiger charge is -2.32. The lowest BCUT2D eigenvalue weighted by atomic mass is 10.1. The Balaban J connectivity index is 1.98. The summed E-state index contributed by atoms with van der Waals surface area (Å²) in [6.07, 6.45) is -0.574. The maximum absolute atomic E-state index is 12.6. The maximum Gasteiger partial charge on any atom is 0.306 e. The van der Waals surface area contributed by atoms with Gasteiger partial charge in [-0.25, -0.2) is 0 Å². The van der Waals surface area contributed by atoms with E-state index in [1.807, 2.05) is 0 Å². The van der Waals surface area contributed by atoms with Crippen molar-refractivity contribution < 1.29 is 28.9 Å². The second-order valence-electron chi connectivity index (χ2n) is 5.21. The van der Waals surface area contributed by atoms with Crippen LogP contribution in [-0.2, 0) is 14.3 Å². The van der Waals surface area contributed by atoms with E-state index in [0.717, 1.165) is 0 Å². The first-order chi connectivity index (χ1) is 11.1. The Hall–Kier alpha value is -2.12. The van der Waals surface area contributed by atoms with Gasteiger partial charge in [0, 0.05) is 25.8 Å². The highest BCUT2D eigenvalue weighted by Gasteiger charge is 2.26. The van der Waals surface area contributed by atoms with Crippen LogP contribution in [0.1, 0.15) is 16.8 Å². The van der Waals surface area contributed by atoms with Crippen LogP contribution >= 0.6 is 0 Å². The molecule has 1 aliphatic heterocycles. The summed E-state index contributed by atoms with van der Waals surface area (Å²) >= 11 is 0. The normalized spacial score (nSPS) is 17.8. The summed E-state index contributed by atoms with van der Waals surface area (Å²) in [6.45, 7) is 1.95. The van der Waals surface area contributed by atoms with Gasteiger partial charge < -0.3 is 24.2 Å². The Morgan fingerprint density at radius 2 is 2.22 bits per heavy atom. The number of rotatable bonds is 7. The fraction of sp³-hybridized carbons (Fsp3) is 0.500. The monoisotopic (exact) mass is 323 g/mol. The summed E-state index contributed by atoms with van der Waals surface area (Å²) in [5.74, 6) is -0.484. The topological polar surface area (TPSA) is 85.3 Å². The van der Waals surface area contributed by atoms with Crippen molar-refractivity contribution in [3.05, 3.63) is 29.8 Å². The molecule has 0 aromatic heterocycles. The van der Waals surface area contributed by atoms with Gasteiger partial charge in [-0.2, -0.15) is 0 Å². The molecule has 126 valence electrons. The Labute approximate surface area is 134 Å². The first-order valence-electron chi connectivity index (χ1n) is 7.44. The molecule has 1 atom stereocenters. The molecule has 0 saturated carbocycles. The molecular weight excluding hydrogens is 302 g/mol. The fourth-order valence-electron chi connectivity index (χ4n) is 2.37. The Bertz CT molecular complexity index is 547. The highest BCUT2D eigenvalue weighted by molar-refractivity contribution is 5.94. The van der Waals surface area contributed by atoms with Crippen molar-refractivity contribution in [3.8, 4) is 5.75 Å². The molecule has 23 heavy (non-hydrogen) atoms. The van der Waals surface area contributed by atoms with Crippen molar-refractivity contribution in [3.63, 3.8) is 0 Å². The third-order valence-corrected chi connectivity index (χ3v) is 3.47. The van der Waals surface area contributed by atoms with Crippen LogP contribution in [0.5, 0.6) is 5.75 Å². The standard InChI is InChI=1S/C16H21NO6/c1-21-7-8-23-13-4-2-3-12(9-13)16(20)17-5-6-22-14(11-17)10-15(18)19/h2-4,9,14H,5-8,10-11H2,1H3,(H,18,19)/t14-/m1/s1. The van der Waals surface area contributed by atoms with Crippen molar-refractivity contribution in [2.24, 2.45) is 0 Å². The van der Waals surface area contributed by atoms with Gasteiger partial charge in [-0.1, -0.05) is 6.07 Å². The fourth-order valence-corrected chi connectivity index (χ4v) is 2.37. The lowest BCUT2D eigenvalue weighted by molar-refractivity contribution is -0.141. The van der Waals surface area contributed by atoms with E-state index < -0.39 is 12.1 Å². The molecule has 0 radical (unpaired) electrons. The van der Waals surface area contributed by atoms with Crippen LogP contribution in [-0.4, -0.2) is 68.0 Å². The van der Waals surface area contributed by atoms with Gasteiger partial charge in [-0.05, 0) is 18.2 Å². The largest absolute Gasteiger partial charge is 0.491 e. The van der Waals surface area contributed by atoms with E-state index in [4.69, 9.17) is 19.3 Å². The molecule has 1 aromatic rings. The zero-order valence-corrected chi connectivity index (χ0v) is 13.1. The summed E-state index contributed by atoms with van der Waals surface area (Å²) in [6, 6.07) is 6.93. The molecule has 7 nitrogen and oxygen atoms in total. The summed E-state index contributed by atoms with van der Waals surface area (Å²) < 4.78 is 15.8. The van der Waals surface area contributed by atoms with Gasteiger partial charge in [-0.3, -0.25) is 9.59 Å². The number of ether oxygens (including phenoxy) is 3.